The molecule has 0 spiro atoms. The molecule has 2 unspecified atom stereocenters. The van der Waals surface area contributed by atoms with Gasteiger partial charge in [0.2, 0.25) is 5.91 Å². The number of hydrogen-bond acceptors (Lipinski definition) is 4. The molecule has 0 bridgehead atoms. The number of aryl methyl sites for hydroxylation is 1. The van der Waals surface area contributed by atoms with Gasteiger partial charge in [0, 0.05) is 11.6 Å². The average molecular weight is 383 g/mol. The third-order valence-corrected chi connectivity index (χ3v) is 5.54. The van der Waals surface area contributed by atoms with Crippen LogP contribution < -0.4 is 14.8 Å². The SMILES string of the molecule is COc1ccc(OC)c(C(C)NC(=O)CN(C)C2CCCc3ccccc32)c1. The van der Waals surface area contributed by atoms with Crippen LogP contribution >= 0.6 is 0 Å². The molecule has 0 radical (unpaired) electrons. The molecule has 1 aliphatic carbocycles. The molecule has 1 amide bonds. The molecule has 1 aliphatic rings. The number of ether oxygens (including phenoxy) is 2. The van der Waals surface area contributed by atoms with Crippen molar-refractivity contribution < 1.29 is 14.3 Å². The minimum atomic E-state index is -0.176. The zero-order valence-corrected chi connectivity index (χ0v) is 17.2. The Kier molecular flexibility index (Phi) is 6.57. The zero-order valence-electron chi connectivity index (χ0n) is 17.2. The van der Waals surface area contributed by atoms with Gasteiger partial charge in [0.05, 0.1) is 26.8 Å². The first kappa shape index (κ1) is 20.2. The van der Waals surface area contributed by atoms with E-state index in [1.165, 1.54) is 11.1 Å². The first-order chi connectivity index (χ1) is 13.5. The van der Waals surface area contributed by atoms with Crippen molar-refractivity contribution in [1.82, 2.24) is 10.2 Å². The summed E-state index contributed by atoms with van der Waals surface area (Å²) < 4.78 is 10.8. The molecule has 28 heavy (non-hydrogen) atoms. The molecule has 150 valence electrons. The number of rotatable bonds is 7. The largest absolute Gasteiger partial charge is 0.497 e. The number of fused-ring (bicyclic) bond motifs is 1. The molecule has 0 fully saturated rings. The summed E-state index contributed by atoms with van der Waals surface area (Å²) in [5, 5.41) is 3.10. The lowest BCUT2D eigenvalue weighted by atomic mass is 9.87. The molecule has 2 aromatic carbocycles. The lowest BCUT2D eigenvalue weighted by Crippen LogP contribution is -2.39. The Hall–Kier alpha value is -2.53. The van der Waals surface area contributed by atoms with Crippen LogP contribution in [0.15, 0.2) is 42.5 Å². The molecule has 0 heterocycles. The second-order valence-corrected chi connectivity index (χ2v) is 7.42. The van der Waals surface area contributed by atoms with Gasteiger partial charge in [-0.3, -0.25) is 9.69 Å². The third-order valence-electron chi connectivity index (χ3n) is 5.54. The quantitative estimate of drug-likeness (QED) is 0.789. The maximum absolute atomic E-state index is 12.7. The van der Waals surface area contributed by atoms with E-state index < -0.39 is 0 Å². The van der Waals surface area contributed by atoms with Crippen molar-refractivity contribution in [3.05, 3.63) is 59.2 Å². The van der Waals surface area contributed by atoms with E-state index in [2.05, 4.69) is 34.5 Å². The van der Waals surface area contributed by atoms with E-state index in [0.29, 0.717) is 6.54 Å². The summed E-state index contributed by atoms with van der Waals surface area (Å²) in [5.41, 5.74) is 3.66. The maximum Gasteiger partial charge on any atom is 0.234 e. The number of methoxy groups -OCH3 is 2. The van der Waals surface area contributed by atoms with Gasteiger partial charge in [-0.2, -0.15) is 0 Å². The predicted molar refractivity (Wildman–Crippen MR) is 111 cm³/mol. The monoisotopic (exact) mass is 382 g/mol. The number of benzene rings is 2. The smallest absolute Gasteiger partial charge is 0.234 e. The maximum atomic E-state index is 12.7. The molecule has 5 heteroatoms. The van der Waals surface area contributed by atoms with E-state index >= 15 is 0 Å². The molecule has 2 aromatic rings. The Balaban J connectivity index is 1.66. The van der Waals surface area contributed by atoms with Crippen LogP contribution in [0.2, 0.25) is 0 Å². The summed E-state index contributed by atoms with van der Waals surface area (Å²) >= 11 is 0. The first-order valence-corrected chi connectivity index (χ1v) is 9.82. The summed E-state index contributed by atoms with van der Waals surface area (Å²) in [6, 6.07) is 14.3. The molecular weight excluding hydrogens is 352 g/mol. The number of nitrogens with one attached hydrogen (secondary N) is 1. The third kappa shape index (κ3) is 4.47. The lowest BCUT2D eigenvalue weighted by molar-refractivity contribution is -0.123. The average Bonchev–Trinajstić information content (AvgIpc) is 2.72. The highest BCUT2D eigenvalue weighted by molar-refractivity contribution is 5.78. The van der Waals surface area contributed by atoms with Crippen LogP contribution in [0, 0.1) is 0 Å². The van der Waals surface area contributed by atoms with E-state index in [-0.39, 0.29) is 18.0 Å². The number of hydrogen-bond donors (Lipinski definition) is 1. The van der Waals surface area contributed by atoms with Crippen LogP contribution in [0.25, 0.3) is 0 Å². The minimum absolute atomic E-state index is 0.00271. The lowest BCUT2D eigenvalue weighted by Gasteiger charge is -2.33. The van der Waals surface area contributed by atoms with Crippen LogP contribution in [0.4, 0.5) is 0 Å². The van der Waals surface area contributed by atoms with Gasteiger partial charge < -0.3 is 14.8 Å². The number of likely N-dealkylation sites (N-methyl/N-ethyl adjacent to an activating group) is 1. The summed E-state index contributed by atoms with van der Waals surface area (Å²) in [7, 11) is 5.29. The Bertz CT molecular complexity index is 821. The fraction of sp³-hybridized carbons (Fsp3) is 0.435. The van der Waals surface area contributed by atoms with Crippen LogP contribution in [0.3, 0.4) is 0 Å². The highest BCUT2D eigenvalue weighted by atomic mass is 16.5. The molecule has 0 aliphatic heterocycles. The summed E-state index contributed by atoms with van der Waals surface area (Å²) in [6.07, 6.45) is 3.37. The minimum Gasteiger partial charge on any atom is -0.497 e. The van der Waals surface area contributed by atoms with E-state index in [4.69, 9.17) is 9.47 Å². The zero-order chi connectivity index (χ0) is 20.1. The molecule has 1 N–H and O–H groups in total. The number of carbonyl (C=O) groups is 1. The molecule has 0 aromatic heterocycles. The van der Waals surface area contributed by atoms with Crippen molar-refractivity contribution in [1.29, 1.82) is 0 Å². The van der Waals surface area contributed by atoms with Crippen LogP contribution in [0.1, 0.15) is 48.5 Å². The van der Waals surface area contributed by atoms with Gasteiger partial charge in [-0.1, -0.05) is 24.3 Å². The fourth-order valence-corrected chi connectivity index (χ4v) is 4.07. The highest BCUT2D eigenvalue weighted by Gasteiger charge is 2.25. The number of nitrogens with zero attached hydrogens (tertiary/aromatic N) is 1. The van der Waals surface area contributed by atoms with Crippen LogP contribution in [-0.2, 0) is 11.2 Å². The van der Waals surface area contributed by atoms with E-state index in [9.17, 15) is 4.79 Å². The summed E-state index contributed by atoms with van der Waals surface area (Å²) in [4.78, 5) is 14.9. The van der Waals surface area contributed by atoms with Gasteiger partial charge in [-0.15, -0.1) is 0 Å². The topological polar surface area (TPSA) is 50.8 Å². The Labute approximate surface area is 167 Å². The van der Waals surface area contributed by atoms with E-state index in [1.54, 1.807) is 14.2 Å². The van der Waals surface area contributed by atoms with E-state index in [0.717, 1.165) is 36.3 Å². The van der Waals surface area contributed by atoms with E-state index in [1.807, 2.05) is 32.2 Å². The Morgan fingerprint density at radius 3 is 2.75 bits per heavy atom. The van der Waals surface area contributed by atoms with Gasteiger partial charge in [0.15, 0.2) is 0 Å². The van der Waals surface area contributed by atoms with Crippen molar-refractivity contribution in [2.75, 3.05) is 27.8 Å². The van der Waals surface area contributed by atoms with Crippen LogP contribution in [0.5, 0.6) is 11.5 Å². The van der Waals surface area contributed by atoms with Gasteiger partial charge in [0.1, 0.15) is 11.5 Å². The standard InChI is InChI=1S/C23H30N2O3/c1-16(20-14-18(27-3)12-13-22(20)28-4)24-23(26)15-25(2)21-11-7-9-17-8-5-6-10-19(17)21/h5-6,8,10,12-14,16,21H,7,9,11,15H2,1-4H3,(H,24,26). The summed E-state index contributed by atoms with van der Waals surface area (Å²) in [5.74, 6) is 1.49. The summed E-state index contributed by atoms with van der Waals surface area (Å²) in [6.45, 7) is 2.32. The number of carbonyl (C=O) groups excluding carboxylic acids is 1. The second-order valence-electron chi connectivity index (χ2n) is 7.42. The van der Waals surface area contributed by atoms with Gasteiger partial charge >= 0.3 is 0 Å². The molecule has 0 saturated carbocycles. The van der Waals surface area contributed by atoms with Crippen molar-refractivity contribution in [2.45, 2.75) is 38.3 Å². The first-order valence-electron chi connectivity index (χ1n) is 9.82. The molecule has 5 nitrogen and oxygen atoms in total. The van der Waals surface area contributed by atoms with Gasteiger partial charge in [-0.05, 0) is 62.6 Å². The molecular formula is C23H30N2O3. The number of amides is 1. The molecule has 0 saturated heterocycles. The van der Waals surface area contributed by atoms with Crippen molar-refractivity contribution in [2.24, 2.45) is 0 Å². The van der Waals surface area contributed by atoms with Crippen molar-refractivity contribution >= 4 is 5.91 Å². The Morgan fingerprint density at radius 2 is 2.00 bits per heavy atom. The normalized spacial score (nSPS) is 17.0. The second kappa shape index (κ2) is 9.11. The fourth-order valence-electron chi connectivity index (χ4n) is 4.07. The molecule has 2 atom stereocenters. The highest BCUT2D eigenvalue weighted by Crippen LogP contribution is 2.33. The van der Waals surface area contributed by atoms with Crippen LogP contribution in [-0.4, -0.2) is 38.6 Å². The Morgan fingerprint density at radius 1 is 1.21 bits per heavy atom. The molecule has 3 rings (SSSR count). The predicted octanol–water partition coefficient (Wildman–Crippen LogP) is 3.89. The van der Waals surface area contributed by atoms with Crippen molar-refractivity contribution in [3.63, 3.8) is 0 Å². The van der Waals surface area contributed by atoms with Gasteiger partial charge in [-0.25, -0.2) is 0 Å². The van der Waals surface area contributed by atoms with Gasteiger partial charge in [0.25, 0.3) is 0 Å². The van der Waals surface area contributed by atoms with Crippen molar-refractivity contribution in [3.8, 4) is 11.5 Å².